The van der Waals surface area contributed by atoms with Gasteiger partial charge in [-0.2, -0.15) is 0 Å². The van der Waals surface area contributed by atoms with Crippen LogP contribution in [0.2, 0.25) is 0 Å². The zero-order valence-corrected chi connectivity index (χ0v) is 20.0. The minimum Gasteiger partial charge on any atom is -0.494 e. The first kappa shape index (κ1) is 23.5. The van der Waals surface area contributed by atoms with Gasteiger partial charge in [0.05, 0.1) is 13.2 Å². The molecular formula is C30H30O4. The molecule has 0 fully saturated rings. The van der Waals surface area contributed by atoms with Crippen LogP contribution in [0.1, 0.15) is 54.3 Å². The lowest BCUT2D eigenvalue weighted by Crippen LogP contribution is -2.08. The number of hydrogen-bond acceptors (Lipinski definition) is 4. The number of carbonyl (C=O) groups excluding carboxylic acids is 2. The van der Waals surface area contributed by atoms with E-state index in [4.69, 9.17) is 9.47 Å². The molecule has 0 radical (unpaired) electrons. The first-order valence-corrected chi connectivity index (χ1v) is 11.7. The minimum absolute atomic E-state index is 0.0732. The van der Waals surface area contributed by atoms with Crippen molar-refractivity contribution in [1.29, 1.82) is 0 Å². The number of rotatable bonds is 10. The smallest absolute Gasteiger partial charge is 0.159 e. The van der Waals surface area contributed by atoms with Gasteiger partial charge in [-0.15, -0.1) is 0 Å². The maximum atomic E-state index is 11.6. The number of ether oxygens (including phenoxy) is 2. The number of hydrogen-bond donors (Lipinski definition) is 0. The first-order chi connectivity index (χ1) is 16.4. The summed E-state index contributed by atoms with van der Waals surface area (Å²) in [4.78, 5) is 23.1. The molecule has 4 heteroatoms. The third kappa shape index (κ3) is 5.82. The quantitative estimate of drug-likeness (QED) is 0.236. The van der Waals surface area contributed by atoms with E-state index in [-0.39, 0.29) is 11.6 Å². The summed E-state index contributed by atoms with van der Waals surface area (Å²) in [5.74, 6) is 2.30. The van der Waals surface area contributed by atoms with E-state index in [1.54, 1.807) is 13.8 Å². The molecule has 174 valence electrons. The van der Waals surface area contributed by atoms with E-state index in [2.05, 4.69) is 6.92 Å². The fraction of sp³-hybridized carbons (Fsp3) is 0.267. The van der Waals surface area contributed by atoms with Gasteiger partial charge in [0, 0.05) is 11.1 Å². The third-order valence-corrected chi connectivity index (χ3v) is 6.20. The lowest BCUT2D eigenvalue weighted by atomic mass is 10.0. The van der Waals surface area contributed by atoms with Gasteiger partial charge in [0.1, 0.15) is 11.5 Å². The molecule has 4 aromatic rings. The number of fused-ring (bicyclic) bond motifs is 2. The highest BCUT2D eigenvalue weighted by Gasteiger charge is 2.07. The highest BCUT2D eigenvalue weighted by atomic mass is 16.5. The van der Waals surface area contributed by atoms with Crippen molar-refractivity contribution in [3.63, 3.8) is 0 Å². The van der Waals surface area contributed by atoms with E-state index in [1.165, 1.54) is 0 Å². The monoisotopic (exact) mass is 454 g/mol. The van der Waals surface area contributed by atoms with E-state index < -0.39 is 0 Å². The summed E-state index contributed by atoms with van der Waals surface area (Å²) in [6.45, 7) is 6.66. The summed E-state index contributed by atoms with van der Waals surface area (Å²) in [7, 11) is 0. The normalized spacial score (nSPS) is 11.2. The number of benzene rings is 4. The Bertz CT molecular complexity index is 1240. The Morgan fingerprint density at radius 1 is 0.618 bits per heavy atom. The number of carbonyl (C=O) groups is 2. The molecule has 0 bridgehead atoms. The molecule has 0 spiro atoms. The Kier molecular flexibility index (Phi) is 7.27. The third-order valence-electron chi connectivity index (χ3n) is 6.20. The van der Waals surface area contributed by atoms with Crippen molar-refractivity contribution in [3.8, 4) is 11.5 Å². The van der Waals surface area contributed by atoms with Gasteiger partial charge in [-0.25, -0.2) is 0 Å². The van der Waals surface area contributed by atoms with E-state index in [9.17, 15) is 9.59 Å². The van der Waals surface area contributed by atoms with E-state index in [0.29, 0.717) is 19.1 Å². The van der Waals surface area contributed by atoms with Crippen LogP contribution in [0.15, 0.2) is 72.8 Å². The zero-order chi connectivity index (χ0) is 24.1. The fourth-order valence-corrected chi connectivity index (χ4v) is 3.97. The Labute approximate surface area is 200 Å². The molecule has 4 rings (SSSR count). The predicted octanol–water partition coefficient (Wildman–Crippen LogP) is 7.27. The van der Waals surface area contributed by atoms with Gasteiger partial charge in [-0.3, -0.25) is 9.59 Å². The van der Waals surface area contributed by atoms with Gasteiger partial charge in [-0.1, -0.05) is 43.3 Å². The Hall–Kier alpha value is -3.66. The Morgan fingerprint density at radius 3 is 1.41 bits per heavy atom. The molecule has 0 aliphatic rings. The summed E-state index contributed by atoms with van der Waals surface area (Å²) < 4.78 is 11.9. The largest absolute Gasteiger partial charge is 0.494 e. The molecule has 0 saturated heterocycles. The standard InChI is InChI=1S/C30H30O4/c1-20(12-14-33-29-10-8-25-16-23(21(2)31)4-6-27(25)18-29)13-15-34-30-11-9-26-17-24(22(3)32)5-7-28(26)19-30/h4-11,16-20H,12-15H2,1-3H3. The van der Waals surface area contributed by atoms with Gasteiger partial charge in [0.2, 0.25) is 0 Å². The lowest BCUT2D eigenvalue weighted by molar-refractivity contribution is 0.100. The summed E-state index contributed by atoms with van der Waals surface area (Å²) >= 11 is 0. The molecule has 0 N–H and O–H groups in total. The average Bonchev–Trinajstić information content (AvgIpc) is 2.83. The highest BCUT2D eigenvalue weighted by Crippen LogP contribution is 2.24. The molecule has 0 aliphatic carbocycles. The van der Waals surface area contributed by atoms with Crippen molar-refractivity contribution in [3.05, 3.63) is 83.9 Å². The molecule has 0 atom stereocenters. The summed E-state index contributed by atoms with van der Waals surface area (Å²) in [5.41, 5.74) is 1.45. The van der Waals surface area contributed by atoms with Crippen LogP contribution in [-0.2, 0) is 0 Å². The van der Waals surface area contributed by atoms with Crippen LogP contribution in [0.5, 0.6) is 11.5 Å². The van der Waals surface area contributed by atoms with Crippen molar-refractivity contribution >= 4 is 33.1 Å². The molecule has 34 heavy (non-hydrogen) atoms. The van der Waals surface area contributed by atoms with Gasteiger partial charge in [-0.05, 0) is 90.6 Å². The van der Waals surface area contributed by atoms with Crippen LogP contribution in [-0.4, -0.2) is 24.8 Å². The predicted molar refractivity (Wildman–Crippen MR) is 137 cm³/mol. The Balaban J connectivity index is 1.23. The zero-order valence-electron chi connectivity index (χ0n) is 20.0. The van der Waals surface area contributed by atoms with Gasteiger partial charge in [0.15, 0.2) is 11.6 Å². The van der Waals surface area contributed by atoms with E-state index in [1.807, 2.05) is 72.8 Å². The van der Waals surface area contributed by atoms with Crippen molar-refractivity contribution in [1.82, 2.24) is 0 Å². The van der Waals surface area contributed by atoms with Crippen molar-refractivity contribution < 1.29 is 19.1 Å². The molecule has 0 amide bonds. The van der Waals surface area contributed by atoms with Gasteiger partial charge >= 0.3 is 0 Å². The van der Waals surface area contributed by atoms with Crippen LogP contribution < -0.4 is 9.47 Å². The van der Waals surface area contributed by atoms with Crippen LogP contribution in [0.4, 0.5) is 0 Å². The lowest BCUT2D eigenvalue weighted by Gasteiger charge is -2.14. The summed E-state index contributed by atoms with van der Waals surface area (Å²) in [6.07, 6.45) is 1.88. The first-order valence-electron chi connectivity index (χ1n) is 11.7. The molecular weight excluding hydrogens is 424 g/mol. The molecule has 0 heterocycles. The second-order valence-corrected chi connectivity index (χ2v) is 8.94. The Morgan fingerprint density at radius 2 is 1.00 bits per heavy atom. The van der Waals surface area contributed by atoms with Crippen LogP contribution in [0.3, 0.4) is 0 Å². The second-order valence-electron chi connectivity index (χ2n) is 8.94. The molecule has 0 saturated carbocycles. The number of Topliss-reactive ketones (excluding diaryl/α,β-unsaturated/α-hetero) is 2. The van der Waals surface area contributed by atoms with Crippen molar-refractivity contribution in [2.45, 2.75) is 33.6 Å². The molecule has 0 aromatic heterocycles. The molecule has 4 aromatic carbocycles. The van der Waals surface area contributed by atoms with E-state index in [0.717, 1.165) is 57.0 Å². The topological polar surface area (TPSA) is 52.6 Å². The van der Waals surface area contributed by atoms with Crippen LogP contribution >= 0.6 is 0 Å². The maximum Gasteiger partial charge on any atom is 0.159 e. The number of ketones is 2. The SMILES string of the molecule is CC(=O)c1ccc2cc(OCCC(C)CCOc3ccc4cc(C(C)=O)ccc4c3)ccc2c1. The molecule has 0 aliphatic heterocycles. The van der Waals surface area contributed by atoms with Crippen LogP contribution in [0.25, 0.3) is 21.5 Å². The maximum absolute atomic E-state index is 11.6. The minimum atomic E-state index is 0.0732. The summed E-state index contributed by atoms with van der Waals surface area (Å²) in [6, 6.07) is 23.4. The fourth-order valence-electron chi connectivity index (χ4n) is 3.97. The van der Waals surface area contributed by atoms with Crippen molar-refractivity contribution in [2.75, 3.05) is 13.2 Å². The average molecular weight is 455 g/mol. The second kappa shape index (κ2) is 10.5. The molecule has 4 nitrogen and oxygen atoms in total. The van der Waals surface area contributed by atoms with E-state index >= 15 is 0 Å². The van der Waals surface area contributed by atoms with Crippen LogP contribution in [0, 0.1) is 5.92 Å². The summed E-state index contributed by atoms with van der Waals surface area (Å²) in [5, 5.41) is 4.21. The van der Waals surface area contributed by atoms with Gasteiger partial charge < -0.3 is 9.47 Å². The molecule has 0 unspecified atom stereocenters. The van der Waals surface area contributed by atoms with Gasteiger partial charge in [0.25, 0.3) is 0 Å². The highest BCUT2D eigenvalue weighted by molar-refractivity contribution is 5.99. The van der Waals surface area contributed by atoms with Crippen molar-refractivity contribution in [2.24, 2.45) is 5.92 Å².